The number of hydrogen-bond donors (Lipinski definition) is 1. The van der Waals surface area contributed by atoms with Crippen LogP contribution in [0, 0.1) is 0 Å². The van der Waals surface area contributed by atoms with Crippen molar-refractivity contribution in [3.8, 4) is 17.2 Å². The zero-order valence-electron chi connectivity index (χ0n) is 15.5. The first-order valence-electron chi connectivity index (χ1n) is 8.48. The van der Waals surface area contributed by atoms with E-state index in [1.54, 1.807) is 28.4 Å². The molecule has 1 aliphatic heterocycles. The summed E-state index contributed by atoms with van der Waals surface area (Å²) < 4.78 is 15.8. The minimum atomic E-state index is -0.379. The van der Waals surface area contributed by atoms with Crippen molar-refractivity contribution >= 4 is 23.2 Å². The molecule has 0 unspecified atom stereocenters. The molecule has 0 atom stereocenters. The maximum Gasteiger partial charge on any atom is 0.251 e. The minimum Gasteiger partial charge on any atom is -0.493 e. The molecular formula is C19H22N2O5S. The van der Waals surface area contributed by atoms with E-state index in [9.17, 15) is 9.59 Å². The van der Waals surface area contributed by atoms with Crippen LogP contribution in [-0.2, 0) is 17.8 Å². The number of hydrogen-bond acceptors (Lipinski definition) is 6. The predicted molar refractivity (Wildman–Crippen MR) is 102 cm³/mol. The number of nitrogens with zero attached hydrogens (tertiary/aromatic N) is 1. The Balaban J connectivity index is 1.65. The van der Waals surface area contributed by atoms with Crippen LogP contribution in [0.2, 0.25) is 0 Å². The fourth-order valence-corrected chi connectivity index (χ4v) is 3.93. The van der Waals surface area contributed by atoms with Gasteiger partial charge in [0.05, 0.1) is 27.9 Å². The zero-order valence-corrected chi connectivity index (χ0v) is 16.4. The highest BCUT2D eigenvalue weighted by atomic mass is 32.1. The van der Waals surface area contributed by atoms with E-state index in [4.69, 9.17) is 14.2 Å². The average molecular weight is 390 g/mol. The normalized spacial score (nSPS) is 12.9. The Morgan fingerprint density at radius 2 is 1.85 bits per heavy atom. The van der Waals surface area contributed by atoms with E-state index in [2.05, 4.69) is 5.32 Å². The number of carbonyl (C=O) groups is 2. The molecular weight excluding hydrogens is 368 g/mol. The lowest BCUT2D eigenvalue weighted by Gasteiger charge is -2.27. The number of fused-ring (bicyclic) bond motifs is 1. The molecule has 144 valence electrons. The first kappa shape index (κ1) is 19.0. The molecule has 0 saturated heterocycles. The molecule has 0 fully saturated rings. The molecule has 0 spiro atoms. The first-order valence-corrected chi connectivity index (χ1v) is 9.36. The number of benzene rings is 1. The van der Waals surface area contributed by atoms with Crippen LogP contribution in [0.25, 0.3) is 0 Å². The second-order valence-electron chi connectivity index (χ2n) is 6.03. The standard InChI is InChI=1S/C19H22N2O5S/c1-24-14-8-13(9-15(25-2)18(14)26-3)19(23)20-10-17(22)21-6-4-16-12(11-21)5-7-27-16/h5,7-9H,4,6,10-11H2,1-3H3,(H,20,23). The Morgan fingerprint density at radius 3 is 2.48 bits per heavy atom. The Hall–Kier alpha value is -2.74. The van der Waals surface area contributed by atoms with Crippen molar-refractivity contribution in [2.75, 3.05) is 34.4 Å². The van der Waals surface area contributed by atoms with E-state index in [1.807, 2.05) is 11.4 Å². The number of thiophene rings is 1. The predicted octanol–water partition coefficient (Wildman–Crippen LogP) is 2.09. The van der Waals surface area contributed by atoms with Crippen molar-refractivity contribution in [2.45, 2.75) is 13.0 Å². The third-order valence-electron chi connectivity index (χ3n) is 4.49. The zero-order chi connectivity index (χ0) is 19.4. The molecule has 1 aromatic heterocycles. The highest BCUT2D eigenvalue weighted by molar-refractivity contribution is 7.10. The number of carbonyl (C=O) groups excluding carboxylic acids is 2. The number of ether oxygens (including phenoxy) is 3. The average Bonchev–Trinajstić information content (AvgIpc) is 3.18. The molecule has 0 saturated carbocycles. The van der Waals surface area contributed by atoms with E-state index in [1.165, 1.54) is 31.8 Å². The van der Waals surface area contributed by atoms with Gasteiger partial charge in [0, 0.05) is 23.5 Å². The monoisotopic (exact) mass is 390 g/mol. The number of methoxy groups -OCH3 is 3. The van der Waals surface area contributed by atoms with Gasteiger partial charge in [0.2, 0.25) is 11.7 Å². The van der Waals surface area contributed by atoms with Crippen molar-refractivity contribution in [3.05, 3.63) is 39.6 Å². The molecule has 1 aromatic carbocycles. The largest absolute Gasteiger partial charge is 0.493 e. The summed E-state index contributed by atoms with van der Waals surface area (Å²) in [6.45, 7) is 1.21. The van der Waals surface area contributed by atoms with E-state index in [0.717, 1.165) is 6.42 Å². The van der Waals surface area contributed by atoms with Gasteiger partial charge in [-0.25, -0.2) is 0 Å². The van der Waals surface area contributed by atoms with Crippen LogP contribution in [-0.4, -0.2) is 51.1 Å². The van der Waals surface area contributed by atoms with Crippen molar-refractivity contribution in [3.63, 3.8) is 0 Å². The Morgan fingerprint density at radius 1 is 1.15 bits per heavy atom. The van der Waals surface area contributed by atoms with Crippen LogP contribution in [0.1, 0.15) is 20.8 Å². The van der Waals surface area contributed by atoms with E-state index < -0.39 is 0 Å². The lowest BCUT2D eigenvalue weighted by Crippen LogP contribution is -2.42. The summed E-state index contributed by atoms with van der Waals surface area (Å²) in [6, 6.07) is 5.16. The second-order valence-corrected chi connectivity index (χ2v) is 7.03. The van der Waals surface area contributed by atoms with Crippen LogP contribution in [0.15, 0.2) is 23.6 Å². The second kappa shape index (κ2) is 8.30. The van der Waals surface area contributed by atoms with Crippen LogP contribution < -0.4 is 19.5 Å². The third-order valence-corrected chi connectivity index (χ3v) is 5.51. The van der Waals surface area contributed by atoms with E-state index >= 15 is 0 Å². The maximum absolute atomic E-state index is 12.5. The van der Waals surface area contributed by atoms with Gasteiger partial charge < -0.3 is 24.4 Å². The Kier molecular flexibility index (Phi) is 5.85. The van der Waals surface area contributed by atoms with E-state index in [0.29, 0.717) is 35.9 Å². The molecule has 3 rings (SSSR count). The number of nitrogens with one attached hydrogen (secondary N) is 1. The van der Waals surface area contributed by atoms with Crippen LogP contribution >= 0.6 is 11.3 Å². The molecule has 0 aliphatic carbocycles. The lowest BCUT2D eigenvalue weighted by molar-refractivity contribution is -0.131. The van der Waals surface area contributed by atoms with Gasteiger partial charge in [-0.15, -0.1) is 11.3 Å². The fourth-order valence-electron chi connectivity index (χ4n) is 3.04. The third kappa shape index (κ3) is 4.00. The summed E-state index contributed by atoms with van der Waals surface area (Å²) in [5.74, 6) is 0.694. The van der Waals surface area contributed by atoms with Gasteiger partial charge in [-0.05, 0) is 35.6 Å². The highest BCUT2D eigenvalue weighted by Gasteiger charge is 2.22. The van der Waals surface area contributed by atoms with Crippen LogP contribution in [0.4, 0.5) is 0 Å². The molecule has 0 bridgehead atoms. The van der Waals surface area contributed by atoms with Gasteiger partial charge in [-0.3, -0.25) is 9.59 Å². The summed E-state index contributed by atoms with van der Waals surface area (Å²) in [4.78, 5) is 28.1. The summed E-state index contributed by atoms with van der Waals surface area (Å²) >= 11 is 1.72. The summed E-state index contributed by atoms with van der Waals surface area (Å²) in [5.41, 5.74) is 1.52. The SMILES string of the molecule is COc1cc(C(=O)NCC(=O)N2CCc3sccc3C2)cc(OC)c1OC. The molecule has 8 heteroatoms. The molecule has 1 N–H and O–H groups in total. The molecule has 2 heterocycles. The molecule has 2 aromatic rings. The van der Waals surface area contributed by atoms with Crippen molar-refractivity contribution < 1.29 is 23.8 Å². The highest BCUT2D eigenvalue weighted by Crippen LogP contribution is 2.38. The summed E-state index contributed by atoms with van der Waals surface area (Å²) in [7, 11) is 4.46. The fraction of sp³-hybridized carbons (Fsp3) is 0.368. The molecule has 2 amide bonds. The molecule has 7 nitrogen and oxygen atoms in total. The smallest absolute Gasteiger partial charge is 0.251 e. The molecule has 0 radical (unpaired) electrons. The number of rotatable bonds is 6. The van der Waals surface area contributed by atoms with Gasteiger partial charge in [-0.1, -0.05) is 0 Å². The maximum atomic E-state index is 12.5. The lowest BCUT2D eigenvalue weighted by atomic mass is 10.1. The Bertz CT molecular complexity index is 823. The van der Waals surface area contributed by atoms with E-state index in [-0.39, 0.29) is 18.4 Å². The van der Waals surface area contributed by atoms with Gasteiger partial charge in [-0.2, -0.15) is 0 Å². The number of amides is 2. The quantitative estimate of drug-likeness (QED) is 0.817. The van der Waals surface area contributed by atoms with Crippen LogP contribution in [0.5, 0.6) is 17.2 Å². The van der Waals surface area contributed by atoms with Crippen molar-refractivity contribution in [1.29, 1.82) is 0 Å². The topological polar surface area (TPSA) is 77.1 Å². The summed E-state index contributed by atoms with van der Waals surface area (Å²) in [5, 5.41) is 4.72. The van der Waals surface area contributed by atoms with Crippen LogP contribution in [0.3, 0.4) is 0 Å². The minimum absolute atomic E-state index is 0.0606. The van der Waals surface area contributed by atoms with Crippen molar-refractivity contribution in [1.82, 2.24) is 10.2 Å². The van der Waals surface area contributed by atoms with Gasteiger partial charge >= 0.3 is 0 Å². The summed E-state index contributed by atoms with van der Waals surface area (Å²) in [6.07, 6.45) is 0.861. The Labute approximate surface area is 161 Å². The molecule has 27 heavy (non-hydrogen) atoms. The van der Waals surface area contributed by atoms with Gasteiger partial charge in [0.25, 0.3) is 5.91 Å². The van der Waals surface area contributed by atoms with Gasteiger partial charge in [0.15, 0.2) is 11.5 Å². The van der Waals surface area contributed by atoms with Gasteiger partial charge in [0.1, 0.15) is 0 Å². The molecule has 1 aliphatic rings. The first-order chi connectivity index (χ1) is 13.1. The van der Waals surface area contributed by atoms with Crippen molar-refractivity contribution in [2.24, 2.45) is 0 Å².